The van der Waals surface area contributed by atoms with Crippen LogP contribution in [0.2, 0.25) is 0 Å². The second-order valence-corrected chi connectivity index (χ2v) is 5.41. The van der Waals surface area contributed by atoms with Crippen molar-refractivity contribution in [3.8, 4) is 0 Å². The third-order valence-corrected chi connectivity index (χ3v) is 4.10. The molecule has 2 aliphatic heterocycles. The van der Waals surface area contributed by atoms with Crippen LogP contribution in [-0.2, 0) is 4.74 Å². The summed E-state index contributed by atoms with van der Waals surface area (Å²) >= 11 is 0. The zero-order valence-electron chi connectivity index (χ0n) is 11.3. The highest BCUT2D eigenvalue weighted by molar-refractivity contribution is 4.90. The number of hydrogen-bond donors (Lipinski definition) is 1. The summed E-state index contributed by atoms with van der Waals surface area (Å²) in [7, 11) is 0. The van der Waals surface area contributed by atoms with Gasteiger partial charge in [0.25, 0.3) is 0 Å². The second kappa shape index (κ2) is 7.34. The first-order valence-electron chi connectivity index (χ1n) is 7.47. The molecule has 0 bridgehead atoms. The van der Waals surface area contributed by atoms with Gasteiger partial charge in [-0.15, -0.1) is 0 Å². The van der Waals surface area contributed by atoms with E-state index in [0.29, 0.717) is 0 Å². The van der Waals surface area contributed by atoms with Crippen LogP contribution in [0.3, 0.4) is 0 Å². The Morgan fingerprint density at radius 3 is 2.88 bits per heavy atom. The average Bonchev–Trinajstić information content (AvgIpc) is 2.89. The van der Waals surface area contributed by atoms with Gasteiger partial charge in [-0.2, -0.15) is 0 Å². The molecule has 0 aliphatic carbocycles. The first-order valence-corrected chi connectivity index (χ1v) is 7.47. The van der Waals surface area contributed by atoms with Crippen molar-refractivity contribution in [2.45, 2.75) is 57.5 Å². The zero-order valence-corrected chi connectivity index (χ0v) is 11.3. The predicted octanol–water partition coefficient (Wildman–Crippen LogP) is 2.02. The Bertz CT molecular complexity index is 204. The first kappa shape index (κ1) is 13.3. The van der Waals surface area contributed by atoms with Crippen molar-refractivity contribution in [1.82, 2.24) is 10.2 Å². The monoisotopic (exact) mass is 240 g/mol. The molecule has 0 aromatic carbocycles. The van der Waals surface area contributed by atoms with Gasteiger partial charge in [-0.05, 0) is 45.2 Å². The molecule has 2 rings (SSSR count). The van der Waals surface area contributed by atoms with Crippen molar-refractivity contribution < 1.29 is 4.74 Å². The number of ether oxygens (including phenoxy) is 1. The molecular weight excluding hydrogens is 212 g/mol. The van der Waals surface area contributed by atoms with Crippen LogP contribution in [0.25, 0.3) is 0 Å². The number of piperidine rings is 1. The lowest BCUT2D eigenvalue weighted by Gasteiger charge is -2.39. The summed E-state index contributed by atoms with van der Waals surface area (Å²) in [6, 6.07) is 1.53. The van der Waals surface area contributed by atoms with E-state index >= 15 is 0 Å². The molecule has 0 aromatic rings. The molecule has 2 fully saturated rings. The third-order valence-electron chi connectivity index (χ3n) is 4.10. The van der Waals surface area contributed by atoms with E-state index < -0.39 is 0 Å². The standard InChI is InChI=1S/C14H28N2O/c1-2-11-17-12-10-16-9-4-3-7-14(16)13-6-5-8-15-13/h13-15H,2-12H2,1H3. The lowest BCUT2D eigenvalue weighted by atomic mass is 9.94. The largest absolute Gasteiger partial charge is 0.380 e. The molecule has 0 saturated carbocycles. The van der Waals surface area contributed by atoms with Gasteiger partial charge < -0.3 is 10.1 Å². The van der Waals surface area contributed by atoms with Crippen LogP contribution in [0.1, 0.15) is 45.4 Å². The van der Waals surface area contributed by atoms with Gasteiger partial charge in [0, 0.05) is 25.2 Å². The Labute approximate surface area is 106 Å². The molecule has 2 heterocycles. The third kappa shape index (κ3) is 3.94. The number of likely N-dealkylation sites (tertiary alicyclic amines) is 1. The zero-order chi connectivity index (χ0) is 11.9. The molecule has 100 valence electrons. The van der Waals surface area contributed by atoms with Gasteiger partial charge in [-0.3, -0.25) is 4.90 Å². The molecule has 0 aromatic heterocycles. The predicted molar refractivity (Wildman–Crippen MR) is 71.3 cm³/mol. The maximum Gasteiger partial charge on any atom is 0.0593 e. The van der Waals surface area contributed by atoms with Crippen LogP contribution >= 0.6 is 0 Å². The Kier molecular flexibility index (Phi) is 5.75. The lowest BCUT2D eigenvalue weighted by molar-refractivity contribution is 0.0611. The number of hydrogen-bond acceptors (Lipinski definition) is 3. The summed E-state index contributed by atoms with van der Waals surface area (Å²) in [6.45, 7) is 7.63. The average molecular weight is 240 g/mol. The normalized spacial score (nSPS) is 30.9. The van der Waals surface area contributed by atoms with Gasteiger partial charge in [0.15, 0.2) is 0 Å². The SMILES string of the molecule is CCCOCCN1CCCCC1C1CCCN1. The summed E-state index contributed by atoms with van der Waals surface area (Å²) in [5, 5.41) is 3.68. The maximum absolute atomic E-state index is 5.63. The lowest BCUT2D eigenvalue weighted by Crippen LogP contribution is -2.51. The van der Waals surface area contributed by atoms with Crippen LogP contribution < -0.4 is 5.32 Å². The topological polar surface area (TPSA) is 24.5 Å². The minimum absolute atomic E-state index is 0.751. The fourth-order valence-corrected chi connectivity index (χ4v) is 3.22. The van der Waals surface area contributed by atoms with E-state index in [2.05, 4.69) is 17.1 Å². The molecule has 17 heavy (non-hydrogen) atoms. The summed E-state index contributed by atoms with van der Waals surface area (Å²) in [5.41, 5.74) is 0. The highest BCUT2D eigenvalue weighted by Gasteiger charge is 2.30. The Morgan fingerprint density at radius 1 is 1.18 bits per heavy atom. The second-order valence-electron chi connectivity index (χ2n) is 5.41. The molecule has 2 atom stereocenters. The summed E-state index contributed by atoms with van der Waals surface area (Å²) in [5.74, 6) is 0. The summed E-state index contributed by atoms with van der Waals surface area (Å²) in [4.78, 5) is 2.67. The van der Waals surface area contributed by atoms with E-state index in [1.54, 1.807) is 0 Å². The van der Waals surface area contributed by atoms with Crippen molar-refractivity contribution in [3.05, 3.63) is 0 Å². The Hall–Kier alpha value is -0.120. The highest BCUT2D eigenvalue weighted by Crippen LogP contribution is 2.23. The quantitative estimate of drug-likeness (QED) is 0.719. The van der Waals surface area contributed by atoms with Crippen LogP contribution in [-0.4, -0.2) is 49.8 Å². The smallest absolute Gasteiger partial charge is 0.0593 e. The van der Waals surface area contributed by atoms with Gasteiger partial charge >= 0.3 is 0 Å². The minimum atomic E-state index is 0.751. The minimum Gasteiger partial charge on any atom is -0.380 e. The van der Waals surface area contributed by atoms with Gasteiger partial charge in [-0.25, -0.2) is 0 Å². The molecule has 0 amide bonds. The Balaban J connectivity index is 1.75. The fraction of sp³-hybridized carbons (Fsp3) is 1.00. The van der Waals surface area contributed by atoms with Gasteiger partial charge in [0.2, 0.25) is 0 Å². The molecule has 3 heteroatoms. The molecule has 2 saturated heterocycles. The highest BCUT2D eigenvalue weighted by atomic mass is 16.5. The van der Waals surface area contributed by atoms with Crippen LogP contribution in [0.15, 0.2) is 0 Å². The van der Waals surface area contributed by atoms with Crippen LogP contribution in [0.5, 0.6) is 0 Å². The molecule has 3 nitrogen and oxygen atoms in total. The van der Waals surface area contributed by atoms with Gasteiger partial charge in [0.05, 0.1) is 6.61 Å². The molecule has 0 radical (unpaired) electrons. The van der Waals surface area contributed by atoms with Crippen LogP contribution in [0.4, 0.5) is 0 Å². The van der Waals surface area contributed by atoms with Crippen molar-refractivity contribution in [2.24, 2.45) is 0 Å². The van der Waals surface area contributed by atoms with E-state index in [-0.39, 0.29) is 0 Å². The fourth-order valence-electron chi connectivity index (χ4n) is 3.22. The molecule has 2 aliphatic rings. The van der Waals surface area contributed by atoms with Crippen LogP contribution in [0, 0.1) is 0 Å². The number of nitrogens with one attached hydrogen (secondary N) is 1. The van der Waals surface area contributed by atoms with Crippen molar-refractivity contribution in [2.75, 3.05) is 32.8 Å². The van der Waals surface area contributed by atoms with E-state index in [0.717, 1.165) is 38.3 Å². The molecule has 1 N–H and O–H groups in total. The van der Waals surface area contributed by atoms with Gasteiger partial charge in [0.1, 0.15) is 0 Å². The van der Waals surface area contributed by atoms with E-state index in [1.807, 2.05) is 0 Å². The van der Waals surface area contributed by atoms with E-state index in [9.17, 15) is 0 Å². The van der Waals surface area contributed by atoms with Crippen molar-refractivity contribution in [3.63, 3.8) is 0 Å². The molecular formula is C14H28N2O. The van der Waals surface area contributed by atoms with Crippen molar-refractivity contribution >= 4 is 0 Å². The van der Waals surface area contributed by atoms with Crippen molar-refractivity contribution in [1.29, 1.82) is 0 Å². The van der Waals surface area contributed by atoms with Gasteiger partial charge in [-0.1, -0.05) is 13.3 Å². The van der Waals surface area contributed by atoms with E-state index in [1.165, 1.54) is 45.2 Å². The first-order chi connectivity index (χ1) is 8.42. The molecule has 2 unspecified atom stereocenters. The summed E-state index contributed by atoms with van der Waals surface area (Å²) in [6.07, 6.45) is 8.03. The summed E-state index contributed by atoms with van der Waals surface area (Å²) < 4.78 is 5.63. The number of rotatable bonds is 6. The maximum atomic E-state index is 5.63. The molecule has 0 spiro atoms. The Morgan fingerprint density at radius 2 is 2.12 bits per heavy atom. The number of nitrogens with zero attached hydrogens (tertiary/aromatic N) is 1. The van der Waals surface area contributed by atoms with E-state index in [4.69, 9.17) is 4.74 Å².